The lowest BCUT2D eigenvalue weighted by atomic mass is 10.1. The third-order valence-electron chi connectivity index (χ3n) is 3.48. The molecule has 1 fully saturated rings. The standard InChI is InChI=1S/C12H17N5O/c1-7(2)17-10(11(13)15-12(17)18)9-5-14-6-16(9)8-3-4-8/h5-8,10H,3-4H2,1-2H3,(H2,13,15,18). The average molecular weight is 247 g/mol. The van der Waals surface area contributed by atoms with Gasteiger partial charge in [-0.25, -0.2) is 9.78 Å². The van der Waals surface area contributed by atoms with E-state index in [0.717, 1.165) is 5.69 Å². The van der Waals surface area contributed by atoms with Crippen LogP contribution in [0.4, 0.5) is 4.79 Å². The van der Waals surface area contributed by atoms with Gasteiger partial charge in [-0.05, 0) is 26.7 Å². The highest BCUT2D eigenvalue weighted by Crippen LogP contribution is 2.39. The van der Waals surface area contributed by atoms with Crippen LogP contribution in [-0.2, 0) is 0 Å². The summed E-state index contributed by atoms with van der Waals surface area (Å²) in [5.41, 5.74) is 6.90. The molecule has 1 aromatic rings. The second-order valence-corrected chi connectivity index (χ2v) is 5.18. The SMILES string of the molecule is CC(C)N1C(=O)N=C(N)C1c1cncn1C1CC1. The van der Waals surface area contributed by atoms with E-state index in [4.69, 9.17) is 5.73 Å². The minimum absolute atomic E-state index is 0.0647. The topological polar surface area (TPSA) is 76.5 Å². The predicted molar refractivity (Wildman–Crippen MR) is 67.2 cm³/mol. The molecule has 1 saturated carbocycles. The zero-order valence-electron chi connectivity index (χ0n) is 10.6. The minimum atomic E-state index is -0.263. The van der Waals surface area contributed by atoms with Crippen molar-refractivity contribution in [2.24, 2.45) is 10.7 Å². The number of nitrogens with zero attached hydrogens (tertiary/aromatic N) is 4. The van der Waals surface area contributed by atoms with Crippen molar-refractivity contribution in [3.8, 4) is 0 Å². The molecule has 2 amide bonds. The number of imidazole rings is 1. The van der Waals surface area contributed by atoms with Gasteiger partial charge in [0.2, 0.25) is 0 Å². The highest BCUT2D eigenvalue weighted by molar-refractivity contribution is 6.03. The van der Waals surface area contributed by atoms with Gasteiger partial charge in [0.25, 0.3) is 0 Å². The molecule has 2 aliphatic rings. The quantitative estimate of drug-likeness (QED) is 0.878. The molecule has 2 heterocycles. The predicted octanol–water partition coefficient (Wildman–Crippen LogP) is 1.46. The van der Waals surface area contributed by atoms with Crippen molar-refractivity contribution in [2.45, 2.75) is 44.8 Å². The van der Waals surface area contributed by atoms with E-state index in [1.807, 2.05) is 20.2 Å². The lowest BCUT2D eigenvalue weighted by Crippen LogP contribution is -2.39. The highest BCUT2D eigenvalue weighted by Gasteiger charge is 2.39. The van der Waals surface area contributed by atoms with Gasteiger partial charge in [0, 0.05) is 12.1 Å². The molecule has 0 spiro atoms. The first-order chi connectivity index (χ1) is 8.59. The molecule has 1 atom stereocenters. The van der Waals surface area contributed by atoms with E-state index in [0.29, 0.717) is 11.9 Å². The highest BCUT2D eigenvalue weighted by atomic mass is 16.2. The van der Waals surface area contributed by atoms with Gasteiger partial charge in [0.05, 0.1) is 18.2 Å². The van der Waals surface area contributed by atoms with Crippen LogP contribution in [0, 0.1) is 0 Å². The largest absolute Gasteiger partial charge is 0.385 e. The summed E-state index contributed by atoms with van der Waals surface area (Å²) in [6.07, 6.45) is 5.95. The number of hydrogen-bond acceptors (Lipinski definition) is 3. The van der Waals surface area contributed by atoms with Gasteiger partial charge in [0.15, 0.2) is 0 Å². The van der Waals surface area contributed by atoms with Gasteiger partial charge in [-0.2, -0.15) is 4.99 Å². The zero-order valence-corrected chi connectivity index (χ0v) is 10.6. The van der Waals surface area contributed by atoms with Crippen molar-refractivity contribution in [3.05, 3.63) is 18.2 Å². The van der Waals surface area contributed by atoms with Crippen LogP contribution in [-0.4, -0.2) is 32.4 Å². The fraction of sp³-hybridized carbons (Fsp3) is 0.583. The Morgan fingerprint density at radius 3 is 2.78 bits per heavy atom. The average Bonchev–Trinajstić information content (AvgIpc) is 2.95. The molecule has 96 valence electrons. The Balaban J connectivity index is 2.00. The lowest BCUT2D eigenvalue weighted by molar-refractivity contribution is 0.188. The van der Waals surface area contributed by atoms with Gasteiger partial charge in [-0.3, -0.25) is 0 Å². The van der Waals surface area contributed by atoms with Crippen molar-refractivity contribution in [3.63, 3.8) is 0 Å². The Labute approximate surface area is 105 Å². The van der Waals surface area contributed by atoms with E-state index in [-0.39, 0.29) is 18.1 Å². The number of urea groups is 1. The normalized spacial score (nSPS) is 23.9. The van der Waals surface area contributed by atoms with Crippen molar-refractivity contribution < 1.29 is 4.79 Å². The van der Waals surface area contributed by atoms with Crippen molar-refractivity contribution in [2.75, 3.05) is 0 Å². The number of nitrogens with two attached hydrogens (primary N) is 1. The third kappa shape index (κ3) is 1.60. The Kier molecular flexibility index (Phi) is 2.39. The van der Waals surface area contributed by atoms with E-state index in [1.54, 1.807) is 11.1 Å². The molecule has 1 unspecified atom stereocenters. The van der Waals surface area contributed by atoms with Crippen molar-refractivity contribution in [1.82, 2.24) is 14.5 Å². The summed E-state index contributed by atoms with van der Waals surface area (Å²) in [6, 6.07) is 0.0616. The van der Waals surface area contributed by atoms with Gasteiger partial charge >= 0.3 is 6.03 Å². The summed E-state index contributed by atoms with van der Waals surface area (Å²) >= 11 is 0. The number of aliphatic imine (C=N–C) groups is 1. The maximum atomic E-state index is 11.9. The molecule has 6 nitrogen and oxygen atoms in total. The number of amidine groups is 1. The molecule has 0 radical (unpaired) electrons. The molecule has 3 rings (SSSR count). The first-order valence-corrected chi connectivity index (χ1v) is 6.27. The molecule has 0 aromatic carbocycles. The van der Waals surface area contributed by atoms with Gasteiger partial charge in [0.1, 0.15) is 11.9 Å². The summed E-state index contributed by atoms with van der Waals surface area (Å²) in [4.78, 5) is 21.7. The number of aromatic nitrogens is 2. The van der Waals surface area contributed by atoms with Crippen LogP contribution in [0.3, 0.4) is 0 Å². The number of hydrogen-bond donors (Lipinski definition) is 1. The molecular formula is C12H17N5O. The number of carbonyl (C=O) groups is 1. The smallest absolute Gasteiger partial charge is 0.346 e. The first kappa shape index (κ1) is 11.3. The van der Waals surface area contributed by atoms with E-state index in [9.17, 15) is 4.79 Å². The van der Waals surface area contributed by atoms with E-state index in [2.05, 4.69) is 14.5 Å². The minimum Gasteiger partial charge on any atom is -0.385 e. The maximum absolute atomic E-state index is 11.9. The van der Waals surface area contributed by atoms with Crippen LogP contribution in [0.1, 0.15) is 44.5 Å². The Morgan fingerprint density at radius 2 is 2.17 bits per heavy atom. The molecular weight excluding hydrogens is 230 g/mol. The van der Waals surface area contributed by atoms with Crippen molar-refractivity contribution >= 4 is 11.9 Å². The first-order valence-electron chi connectivity index (χ1n) is 6.27. The van der Waals surface area contributed by atoms with Crippen LogP contribution < -0.4 is 5.73 Å². The van der Waals surface area contributed by atoms with Gasteiger partial charge in [-0.15, -0.1) is 0 Å². The molecule has 1 aromatic heterocycles. The maximum Gasteiger partial charge on any atom is 0.346 e. The number of rotatable bonds is 3. The number of amides is 2. The summed E-state index contributed by atoms with van der Waals surface area (Å²) < 4.78 is 2.13. The summed E-state index contributed by atoms with van der Waals surface area (Å²) in [5, 5.41) is 0. The van der Waals surface area contributed by atoms with Crippen LogP contribution >= 0.6 is 0 Å². The lowest BCUT2D eigenvalue weighted by Gasteiger charge is -2.28. The molecule has 6 heteroatoms. The molecule has 18 heavy (non-hydrogen) atoms. The summed E-state index contributed by atoms with van der Waals surface area (Å²) in [7, 11) is 0. The molecule has 2 N–H and O–H groups in total. The zero-order chi connectivity index (χ0) is 12.9. The molecule has 0 saturated heterocycles. The van der Waals surface area contributed by atoms with Crippen LogP contribution in [0.2, 0.25) is 0 Å². The number of carbonyl (C=O) groups excluding carboxylic acids is 1. The van der Waals surface area contributed by atoms with Crippen LogP contribution in [0.25, 0.3) is 0 Å². The van der Waals surface area contributed by atoms with E-state index >= 15 is 0 Å². The molecule has 1 aliphatic heterocycles. The van der Waals surface area contributed by atoms with Gasteiger partial charge < -0.3 is 15.2 Å². The van der Waals surface area contributed by atoms with E-state index < -0.39 is 0 Å². The van der Waals surface area contributed by atoms with Crippen LogP contribution in [0.5, 0.6) is 0 Å². The van der Waals surface area contributed by atoms with E-state index in [1.165, 1.54) is 12.8 Å². The van der Waals surface area contributed by atoms with Crippen molar-refractivity contribution in [1.29, 1.82) is 0 Å². The second kappa shape index (κ2) is 3.83. The monoisotopic (exact) mass is 247 g/mol. The third-order valence-corrected chi connectivity index (χ3v) is 3.48. The molecule has 0 bridgehead atoms. The Bertz CT molecular complexity index is 514. The second-order valence-electron chi connectivity index (χ2n) is 5.18. The Morgan fingerprint density at radius 1 is 1.44 bits per heavy atom. The fourth-order valence-electron chi connectivity index (χ4n) is 2.48. The Hall–Kier alpha value is -1.85. The fourth-order valence-corrected chi connectivity index (χ4v) is 2.48. The summed E-state index contributed by atoms with van der Waals surface area (Å²) in [6.45, 7) is 3.94. The van der Waals surface area contributed by atoms with Crippen LogP contribution in [0.15, 0.2) is 17.5 Å². The molecule has 1 aliphatic carbocycles. The van der Waals surface area contributed by atoms with Gasteiger partial charge in [-0.1, -0.05) is 0 Å². The summed E-state index contributed by atoms with van der Waals surface area (Å²) in [5.74, 6) is 0.371.